The molecule has 0 atom stereocenters. The van der Waals surface area contributed by atoms with E-state index in [1.54, 1.807) is 0 Å². The zero-order valence-electron chi connectivity index (χ0n) is 13.6. The van der Waals surface area contributed by atoms with Gasteiger partial charge in [-0.05, 0) is 65.7 Å². The third kappa shape index (κ3) is 3.72. The fourth-order valence-corrected chi connectivity index (χ4v) is 3.26. The van der Waals surface area contributed by atoms with E-state index in [-0.39, 0.29) is 11.4 Å². The summed E-state index contributed by atoms with van der Waals surface area (Å²) >= 11 is 0. The van der Waals surface area contributed by atoms with Gasteiger partial charge in [0, 0.05) is 0 Å². The number of rotatable bonds is 5. The first-order valence-electron chi connectivity index (χ1n) is 7.47. The Balaban J connectivity index is 1.83. The molecule has 0 spiro atoms. The Kier molecular flexibility index (Phi) is 4.60. The lowest BCUT2D eigenvalue weighted by molar-refractivity contribution is 0.574. The Morgan fingerprint density at radius 3 is 2.64 bits per heavy atom. The number of halogens is 1. The zero-order valence-corrected chi connectivity index (χ0v) is 14.5. The van der Waals surface area contributed by atoms with Gasteiger partial charge in [-0.25, -0.2) is 17.5 Å². The SMILES string of the molecule is Cc1ccc(-n2nnnc2CNS(=O)(=O)c2cccc(F)c2)cc1C. The molecule has 2 aromatic carbocycles. The first-order valence-corrected chi connectivity index (χ1v) is 8.95. The van der Waals surface area contributed by atoms with Crippen molar-refractivity contribution in [3.05, 3.63) is 65.2 Å². The quantitative estimate of drug-likeness (QED) is 0.750. The summed E-state index contributed by atoms with van der Waals surface area (Å²) in [6, 6.07) is 10.5. The molecule has 0 aliphatic heterocycles. The molecule has 1 heterocycles. The van der Waals surface area contributed by atoms with Crippen LogP contribution >= 0.6 is 0 Å². The predicted octanol–water partition coefficient (Wildman–Crippen LogP) is 1.90. The van der Waals surface area contributed by atoms with Gasteiger partial charge in [-0.3, -0.25) is 0 Å². The van der Waals surface area contributed by atoms with Gasteiger partial charge in [0.25, 0.3) is 0 Å². The number of aryl methyl sites for hydroxylation is 2. The number of nitrogens with one attached hydrogen (secondary N) is 1. The lowest BCUT2D eigenvalue weighted by Crippen LogP contribution is -2.25. The highest BCUT2D eigenvalue weighted by Gasteiger charge is 2.17. The fraction of sp³-hybridized carbons (Fsp3) is 0.188. The van der Waals surface area contributed by atoms with E-state index in [1.165, 1.54) is 22.9 Å². The van der Waals surface area contributed by atoms with Gasteiger partial charge in [0.15, 0.2) is 5.82 Å². The molecule has 3 aromatic rings. The van der Waals surface area contributed by atoms with Crippen molar-refractivity contribution in [3.8, 4) is 5.69 Å². The summed E-state index contributed by atoms with van der Waals surface area (Å²) in [5, 5.41) is 11.4. The number of tetrazole rings is 1. The van der Waals surface area contributed by atoms with Gasteiger partial charge in [-0.15, -0.1) is 5.10 Å². The maximum Gasteiger partial charge on any atom is 0.241 e. The van der Waals surface area contributed by atoms with E-state index < -0.39 is 15.8 Å². The number of nitrogens with zero attached hydrogens (tertiary/aromatic N) is 4. The monoisotopic (exact) mass is 361 g/mol. The van der Waals surface area contributed by atoms with E-state index in [0.29, 0.717) is 5.82 Å². The van der Waals surface area contributed by atoms with Crippen LogP contribution in [0, 0.1) is 19.7 Å². The average molecular weight is 361 g/mol. The molecule has 130 valence electrons. The van der Waals surface area contributed by atoms with Gasteiger partial charge in [0.2, 0.25) is 10.0 Å². The first-order chi connectivity index (χ1) is 11.9. The molecule has 0 bridgehead atoms. The van der Waals surface area contributed by atoms with Crippen LogP contribution in [-0.2, 0) is 16.6 Å². The van der Waals surface area contributed by atoms with Crippen LogP contribution in [-0.4, -0.2) is 28.6 Å². The number of hydrogen-bond acceptors (Lipinski definition) is 5. The van der Waals surface area contributed by atoms with Gasteiger partial charge >= 0.3 is 0 Å². The third-order valence-electron chi connectivity index (χ3n) is 3.80. The summed E-state index contributed by atoms with van der Waals surface area (Å²) < 4.78 is 41.6. The topological polar surface area (TPSA) is 89.8 Å². The van der Waals surface area contributed by atoms with Crippen molar-refractivity contribution in [2.75, 3.05) is 0 Å². The largest absolute Gasteiger partial charge is 0.241 e. The third-order valence-corrected chi connectivity index (χ3v) is 5.19. The van der Waals surface area contributed by atoms with Crippen LogP contribution in [0.4, 0.5) is 4.39 Å². The van der Waals surface area contributed by atoms with Crippen molar-refractivity contribution in [2.45, 2.75) is 25.3 Å². The van der Waals surface area contributed by atoms with Gasteiger partial charge in [-0.2, -0.15) is 4.68 Å². The molecular formula is C16H16FN5O2S. The minimum atomic E-state index is -3.87. The maximum atomic E-state index is 13.2. The molecule has 1 N–H and O–H groups in total. The fourth-order valence-electron chi connectivity index (χ4n) is 2.25. The second kappa shape index (κ2) is 6.69. The summed E-state index contributed by atoms with van der Waals surface area (Å²) in [4.78, 5) is -0.155. The van der Waals surface area contributed by atoms with Crippen LogP contribution < -0.4 is 4.72 Å². The van der Waals surface area contributed by atoms with Crippen LogP contribution in [0.15, 0.2) is 47.4 Å². The highest BCUT2D eigenvalue weighted by molar-refractivity contribution is 7.89. The van der Waals surface area contributed by atoms with Crippen molar-refractivity contribution in [2.24, 2.45) is 0 Å². The van der Waals surface area contributed by atoms with E-state index in [1.807, 2.05) is 32.0 Å². The van der Waals surface area contributed by atoms with Crippen molar-refractivity contribution in [1.29, 1.82) is 0 Å². The molecule has 0 saturated heterocycles. The maximum absolute atomic E-state index is 13.2. The molecule has 0 unspecified atom stereocenters. The summed E-state index contributed by atoms with van der Waals surface area (Å²) in [7, 11) is -3.87. The van der Waals surface area contributed by atoms with E-state index in [0.717, 1.165) is 22.9 Å². The van der Waals surface area contributed by atoms with Gasteiger partial charge < -0.3 is 0 Å². The van der Waals surface area contributed by atoms with Crippen LogP contribution in [0.2, 0.25) is 0 Å². The molecule has 9 heteroatoms. The van der Waals surface area contributed by atoms with E-state index in [2.05, 4.69) is 20.2 Å². The summed E-state index contributed by atoms with van der Waals surface area (Å²) in [6.07, 6.45) is 0. The van der Waals surface area contributed by atoms with Crippen molar-refractivity contribution in [1.82, 2.24) is 24.9 Å². The van der Waals surface area contributed by atoms with Crippen LogP contribution in [0.3, 0.4) is 0 Å². The van der Waals surface area contributed by atoms with Gasteiger partial charge in [0.05, 0.1) is 17.1 Å². The molecule has 1 aromatic heterocycles. The minimum Gasteiger partial charge on any atom is -0.207 e. The highest BCUT2D eigenvalue weighted by Crippen LogP contribution is 2.15. The predicted molar refractivity (Wildman–Crippen MR) is 89.1 cm³/mol. The molecule has 25 heavy (non-hydrogen) atoms. The highest BCUT2D eigenvalue weighted by atomic mass is 32.2. The van der Waals surface area contributed by atoms with Crippen molar-refractivity contribution in [3.63, 3.8) is 0 Å². The summed E-state index contributed by atoms with van der Waals surface area (Å²) in [6.45, 7) is 3.83. The minimum absolute atomic E-state index is 0.126. The van der Waals surface area contributed by atoms with Gasteiger partial charge in [-0.1, -0.05) is 12.1 Å². The molecule has 0 fully saturated rings. The average Bonchev–Trinajstić information content (AvgIpc) is 3.04. The Morgan fingerprint density at radius 2 is 1.92 bits per heavy atom. The Morgan fingerprint density at radius 1 is 1.12 bits per heavy atom. The Labute approximate surface area is 144 Å². The molecule has 0 saturated carbocycles. The number of hydrogen-bond donors (Lipinski definition) is 1. The molecule has 7 nitrogen and oxygen atoms in total. The normalized spacial score (nSPS) is 11.6. The van der Waals surface area contributed by atoms with E-state index in [4.69, 9.17) is 0 Å². The second-order valence-corrected chi connectivity index (χ2v) is 7.32. The Bertz CT molecular complexity index is 1020. The van der Waals surface area contributed by atoms with Crippen LogP contribution in [0.5, 0.6) is 0 Å². The van der Waals surface area contributed by atoms with E-state index in [9.17, 15) is 12.8 Å². The molecule has 3 rings (SSSR count). The molecular weight excluding hydrogens is 345 g/mol. The number of benzene rings is 2. The lowest BCUT2D eigenvalue weighted by atomic mass is 10.1. The summed E-state index contributed by atoms with van der Waals surface area (Å²) in [5.41, 5.74) is 2.93. The summed E-state index contributed by atoms with van der Waals surface area (Å²) in [5.74, 6) is -0.300. The van der Waals surface area contributed by atoms with Crippen molar-refractivity contribution >= 4 is 10.0 Å². The zero-order chi connectivity index (χ0) is 18.0. The van der Waals surface area contributed by atoms with Gasteiger partial charge in [0.1, 0.15) is 5.82 Å². The van der Waals surface area contributed by atoms with Crippen molar-refractivity contribution < 1.29 is 12.8 Å². The van der Waals surface area contributed by atoms with E-state index >= 15 is 0 Å². The standard InChI is InChI=1S/C16H16FN5O2S/c1-11-6-7-14(8-12(11)2)22-16(19-20-21-22)10-18-25(23,24)15-5-3-4-13(17)9-15/h3-9,18H,10H2,1-2H3. The molecule has 0 aliphatic carbocycles. The number of aromatic nitrogens is 4. The molecule has 0 amide bonds. The molecule has 0 aliphatic rings. The first kappa shape index (κ1) is 17.2. The number of sulfonamides is 1. The van der Waals surface area contributed by atoms with Crippen LogP contribution in [0.1, 0.15) is 17.0 Å². The molecule has 0 radical (unpaired) electrons. The van der Waals surface area contributed by atoms with Crippen LogP contribution in [0.25, 0.3) is 5.69 Å². The smallest absolute Gasteiger partial charge is 0.207 e. The second-order valence-electron chi connectivity index (χ2n) is 5.56. The lowest BCUT2D eigenvalue weighted by Gasteiger charge is -2.09. The Hall–Kier alpha value is -2.65.